The number of rotatable bonds is 4. The van der Waals surface area contributed by atoms with E-state index in [2.05, 4.69) is 10.4 Å². The molecular formula is C19H24FN5O2. The first kappa shape index (κ1) is 17.8. The summed E-state index contributed by atoms with van der Waals surface area (Å²) in [6.07, 6.45) is 5.88. The molecule has 27 heavy (non-hydrogen) atoms. The first-order valence-electron chi connectivity index (χ1n) is 9.36. The van der Waals surface area contributed by atoms with E-state index in [1.165, 1.54) is 6.20 Å². The Hall–Kier alpha value is -2.64. The largest absolute Gasteiger partial charge is 0.377 e. The predicted molar refractivity (Wildman–Crippen MR) is 101 cm³/mol. The molecule has 3 N–H and O–H groups in total. The van der Waals surface area contributed by atoms with Crippen LogP contribution in [0.2, 0.25) is 0 Å². The number of anilines is 2. The number of hydrogen-bond acceptors (Lipinski definition) is 4. The van der Waals surface area contributed by atoms with Crippen LogP contribution in [-0.4, -0.2) is 39.7 Å². The minimum atomic E-state index is -1.36. The van der Waals surface area contributed by atoms with Crippen molar-refractivity contribution in [1.29, 1.82) is 0 Å². The molecule has 0 spiro atoms. The lowest BCUT2D eigenvalue weighted by atomic mass is 10.0. The van der Waals surface area contributed by atoms with Gasteiger partial charge in [-0.2, -0.15) is 5.10 Å². The molecule has 2 fully saturated rings. The van der Waals surface area contributed by atoms with Gasteiger partial charge in [0.15, 0.2) is 0 Å². The van der Waals surface area contributed by atoms with Gasteiger partial charge in [-0.25, -0.2) is 8.91 Å². The monoisotopic (exact) mass is 373 g/mol. The third-order valence-corrected chi connectivity index (χ3v) is 5.88. The second-order valence-corrected chi connectivity index (χ2v) is 7.87. The highest BCUT2D eigenvalue weighted by Gasteiger charge is 2.40. The summed E-state index contributed by atoms with van der Waals surface area (Å²) in [5.74, 6) is -0.562. The zero-order chi connectivity index (χ0) is 19.3. The van der Waals surface area contributed by atoms with Gasteiger partial charge in [0, 0.05) is 12.5 Å². The van der Waals surface area contributed by atoms with E-state index in [-0.39, 0.29) is 17.4 Å². The molecule has 4 rings (SSSR count). The molecule has 1 saturated carbocycles. The number of nitrogens with one attached hydrogen (secondary N) is 1. The molecule has 8 heteroatoms. The Morgan fingerprint density at radius 1 is 1.44 bits per heavy atom. The van der Waals surface area contributed by atoms with E-state index in [1.54, 1.807) is 22.5 Å². The molecule has 2 aromatic rings. The number of halogens is 1. The number of fused-ring (bicyclic) bond motifs is 1. The van der Waals surface area contributed by atoms with Crippen molar-refractivity contribution >= 4 is 28.7 Å². The number of primary amides is 1. The number of amides is 2. The SMILES string of the molecule is CC1CCN(c2cc3c(N[C@@H]4CCC[C@]4(C)F)c(C(N)=O)cnn3c2)C1=O. The van der Waals surface area contributed by atoms with Gasteiger partial charge >= 0.3 is 0 Å². The highest BCUT2D eigenvalue weighted by molar-refractivity contribution is 6.03. The molecule has 144 valence electrons. The first-order valence-corrected chi connectivity index (χ1v) is 9.36. The molecule has 2 aromatic heterocycles. The van der Waals surface area contributed by atoms with Crippen LogP contribution in [0.5, 0.6) is 0 Å². The number of nitrogens with zero attached hydrogens (tertiary/aromatic N) is 3. The summed E-state index contributed by atoms with van der Waals surface area (Å²) >= 11 is 0. The summed E-state index contributed by atoms with van der Waals surface area (Å²) in [6.45, 7) is 4.14. The van der Waals surface area contributed by atoms with Crippen molar-refractivity contribution in [2.75, 3.05) is 16.8 Å². The summed E-state index contributed by atoms with van der Waals surface area (Å²) in [5, 5.41) is 7.46. The quantitative estimate of drug-likeness (QED) is 0.861. The van der Waals surface area contributed by atoms with Gasteiger partial charge in [0.05, 0.1) is 40.9 Å². The maximum Gasteiger partial charge on any atom is 0.252 e. The maximum atomic E-state index is 14.8. The number of alkyl halides is 1. The van der Waals surface area contributed by atoms with E-state index in [1.807, 2.05) is 13.0 Å². The van der Waals surface area contributed by atoms with Gasteiger partial charge in [0.25, 0.3) is 5.91 Å². The van der Waals surface area contributed by atoms with Crippen LogP contribution in [0.3, 0.4) is 0 Å². The summed E-state index contributed by atoms with van der Waals surface area (Å²) in [6, 6.07) is 1.40. The Bertz CT molecular complexity index is 922. The van der Waals surface area contributed by atoms with Crippen LogP contribution in [0, 0.1) is 5.92 Å². The molecule has 2 amide bonds. The molecule has 0 bridgehead atoms. The molecule has 1 aliphatic heterocycles. The number of aromatic nitrogens is 2. The van der Waals surface area contributed by atoms with Crippen molar-refractivity contribution < 1.29 is 14.0 Å². The smallest absolute Gasteiger partial charge is 0.252 e. The molecule has 0 aromatic carbocycles. The molecule has 3 heterocycles. The second kappa shape index (κ2) is 6.21. The Morgan fingerprint density at radius 3 is 2.81 bits per heavy atom. The lowest BCUT2D eigenvalue weighted by Gasteiger charge is -2.26. The Kier molecular flexibility index (Phi) is 4.09. The third kappa shape index (κ3) is 2.93. The van der Waals surface area contributed by atoms with E-state index >= 15 is 0 Å². The molecule has 7 nitrogen and oxygen atoms in total. The van der Waals surface area contributed by atoms with Gasteiger partial charge in [0.1, 0.15) is 5.67 Å². The van der Waals surface area contributed by atoms with Crippen LogP contribution in [0.4, 0.5) is 15.8 Å². The van der Waals surface area contributed by atoms with E-state index in [0.29, 0.717) is 30.6 Å². The summed E-state index contributed by atoms with van der Waals surface area (Å²) < 4.78 is 16.4. The zero-order valence-electron chi connectivity index (χ0n) is 15.5. The van der Waals surface area contributed by atoms with Gasteiger partial charge in [-0.15, -0.1) is 0 Å². The number of carbonyl (C=O) groups is 2. The second-order valence-electron chi connectivity index (χ2n) is 7.87. The average Bonchev–Trinajstić information content (AvgIpc) is 3.26. The fourth-order valence-corrected chi connectivity index (χ4v) is 4.13. The topological polar surface area (TPSA) is 92.7 Å². The van der Waals surface area contributed by atoms with Gasteiger partial charge < -0.3 is 16.0 Å². The minimum absolute atomic E-state index is 0.00881. The van der Waals surface area contributed by atoms with E-state index in [0.717, 1.165) is 18.5 Å². The standard InChI is InChI=1S/C19H24FN5O2/c1-11-5-7-24(18(11)27)12-8-14-16(23-15-4-3-6-19(15,2)20)13(17(21)26)9-22-25(14)10-12/h8-11,15,23H,3-7H2,1-2H3,(H2,21,26)/t11?,15-,19+/m1/s1. The highest BCUT2D eigenvalue weighted by Crippen LogP contribution is 2.38. The van der Waals surface area contributed by atoms with Crippen LogP contribution in [0.25, 0.3) is 5.52 Å². The molecule has 1 unspecified atom stereocenters. The van der Waals surface area contributed by atoms with E-state index in [4.69, 9.17) is 5.73 Å². The summed E-state index contributed by atoms with van der Waals surface area (Å²) in [5.41, 5.74) is 6.19. The van der Waals surface area contributed by atoms with Gasteiger partial charge in [0.2, 0.25) is 5.91 Å². The van der Waals surface area contributed by atoms with Gasteiger partial charge in [-0.05, 0) is 38.7 Å². The molecule has 1 aliphatic carbocycles. The van der Waals surface area contributed by atoms with E-state index < -0.39 is 17.6 Å². The summed E-state index contributed by atoms with van der Waals surface area (Å²) in [7, 11) is 0. The van der Waals surface area contributed by atoms with Crippen LogP contribution in [0.1, 0.15) is 49.9 Å². The molecule has 1 saturated heterocycles. The molecular weight excluding hydrogens is 349 g/mol. The lowest BCUT2D eigenvalue weighted by Crippen LogP contribution is -2.36. The minimum Gasteiger partial charge on any atom is -0.377 e. The number of nitrogens with two attached hydrogens (primary N) is 1. The van der Waals surface area contributed by atoms with Crippen molar-refractivity contribution in [2.24, 2.45) is 11.7 Å². The fraction of sp³-hybridized carbons (Fsp3) is 0.526. The Balaban J connectivity index is 1.78. The van der Waals surface area contributed by atoms with Crippen molar-refractivity contribution in [2.45, 2.75) is 51.2 Å². The van der Waals surface area contributed by atoms with Crippen molar-refractivity contribution in [3.63, 3.8) is 0 Å². The van der Waals surface area contributed by atoms with Crippen molar-refractivity contribution in [3.05, 3.63) is 24.0 Å². The fourth-order valence-electron chi connectivity index (χ4n) is 4.13. The Labute approximate surface area is 156 Å². The number of carbonyl (C=O) groups excluding carboxylic acids is 2. The van der Waals surface area contributed by atoms with Crippen LogP contribution >= 0.6 is 0 Å². The number of hydrogen-bond donors (Lipinski definition) is 2. The predicted octanol–water partition coefficient (Wildman–Crippen LogP) is 2.50. The average molecular weight is 373 g/mol. The maximum absolute atomic E-state index is 14.8. The Morgan fingerprint density at radius 2 is 2.22 bits per heavy atom. The lowest BCUT2D eigenvalue weighted by molar-refractivity contribution is -0.119. The van der Waals surface area contributed by atoms with Crippen LogP contribution in [-0.2, 0) is 4.79 Å². The highest BCUT2D eigenvalue weighted by atomic mass is 19.1. The van der Waals surface area contributed by atoms with E-state index in [9.17, 15) is 14.0 Å². The third-order valence-electron chi connectivity index (χ3n) is 5.88. The molecule has 3 atom stereocenters. The normalized spacial score (nSPS) is 28.3. The molecule has 0 radical (unpaired) electrons. The van der Waals surface area contributed by atoms with Crippen molar-refractivity contribution in [1.82, 2.24) is 9.61 Å². The van der Waals surface area contributed by atoms with Gasteiger partial charge in [-0.1, -0.05) is 6.92 Å². The van der Waals surface area contributed by atoms with Crippen LogP contribution in [0.15, 0.2) is 18.5 Å². The van der Waals surface area contributed by atoms with Crippen LogP contribution < -0.4 is 16.0 Å². The van der Waals surface area contributed by atoms with Gasteiger partial charge in [-0.3, -0.25) is 9.59 Å². The zero-order valence-corrected chi connectivity index (χ0v) is 15.5. The van der Waals surface area contributed by atoms with Crippen molar-refractivity contribution in [3.8, 4) is 0 Å². The molecule has 2 aliphatic rings. The summed E-state index contributed by atoms with van der Waals surface area (Å²) in [4.78, 5) is 26.0. The first-order chi connectivity index (χ1) is 12.8.